The van der Waals surface area contributed by atoms with Crippen molar-refractivity contribution in [3.05, 3.63) is 46.9 Å². The summed E-state index contributed by atoms with van der Waals surface area (Å²) in [5.41, 5.74) is 2.35. The van der Waals surface area contributed by atoms with Gasteiger partial charge in [0.2, 0.25) is 0 Å². The van der Waals surface area contributed by atoms with Gasteiger partial charge in [-0.1, -0.05) is 19.0 Å². The minimum atomic E-state index is -0.337. The lowest BCUT2D eigenvalue weighted by atomic mass is 10.1. The van der Waals surface area contributed by atoms with Crippen LogP contribution in [0, 0.1) is 5.82 Å². The van der Waals surface area contributed by atoms with Crippen LogP contribution in [0.3, 0.4) is 0 Å². The van der Waals surface area contributed by atoms with Gasteiger partial charge < -0.3 is 15.2 Å². The lowest BCUT2D eigenvalue weighted by molar-refractivity contribution is 0.380. The van der Waals surface area contributed by atoms with E-state index in [1.807, 2.05) is 13.8 Å². The molecule has 0 aliphatic carbocycles. The van der Waals surface area contributed by atoms with Gasteiger partial charge in [0.15, 0.2) is 5.96 Å². The van der Waals surface area contributed by atoms with E-state index < -0.39 is 0 Å². The van der Waals surface area contributed by atoms with E-state index in [0.717, 1.165) is 29.9 Å². The fourth-order valence-corrected chi connectivity index (χ4v) is 2.25. The van der Waals surface area contributed by atoms with Crippen LogP contribution in [0.25, 0.3) is 0 Å². The molecule has 2 aromatic rings. The molecule has 0 spiro atoms. The number of hydrogen-bond acceptors (Lipinski definition) is 4. The highest BCUT2D eigenvalue weighted by atomic mass is 19.1. The van der Waals surface area contributed by atoms with E-state index in [0.29, 0.717) is 18.2 Å². The highest BCUT2D eigenvalue weighted by Gasteiger charge is 2.13. The molecular weight excluding hydrogens is 297 g/mol. The Morgan fingerprint density at radius 2 is 2.00 bits per heavy atom. The third-order valence-electron chi connectivity index (χ3n) is 3.52. The molecule has 23 heavy (non-hydrogen) atoms. The molecule has 2 aromatic heterocycles. The van der Waals surface area contributed by atoms with Crippen molar-refractivity contribution in [1.29, 1.82) is 0 Å². The van der Waals surface area contributed by atoms with Crippen LogP contribution in [0.15, 0.2) is 27.8 Å². The molecule has 7 heteroatoms. The fraction of sp³-hybridized carbons (Fsp3) is 0.438. The Bertz CT molecular complexity index is 647. The number of hydrogen-bond donors (Lipinski definition) is 2. The zero-order valence-corrected chi connectivity index (χ0v) is 13.7. The molecule has 0 bridgehead atoms. The Balaban J connectivity index is 1.96. The maximum absolute atomic E-state index is 13.6. The molecule has 2 rings (SSSR count). The Hall–Kier alpha value is -2.44. The molecule has 0 aliphatic rings. The summed E-state index contributed by atoms with van der Waals surface area (Å²) in [6, 6.07) is 2.95. The number of guanidine groups is 1. The zero-order valence-electron chi connectivity index (χ0n) is 13.7. The number of rotatable bonds is 6. The van der Waals surface area contributed by atoms with Crippen molar-refractivity contribution in [2.45, 2.75) is 39.8 Å². The van der Waals surface area contributed by atoms with Crippen molar-refractivity contribution < 1.29 is 8.91 Å². The van der Waals surface area contributed by atoms with Crippen LogP contribution in [0.5, 0.6) is 0 Å². The van der Waals surface area contributed by atoms with Gasteiger partial charge in [-0.3, -0.25) is 9.98 Å². The summed E-state index contributed by atoms with van der Waals surface area (Å²) in [6.45, 7) is 4.88. The Labute approximate surface area is 135 Å². The SMILES string of the molecule is CCc1noc(CC)c1CNC(=NC)NCc1ncccc1F. The average Bonchev–Trinajstić information content (AvgIpc) is 2.98. The molecule has 6 nitrogen and oxygen atoms in total. The van der Waals surface area contributed by atoms with Crippen LogP contribution in [-0.4, -0.2) is 23.1 Å². The van der Waals surface area contributed by atoms with Gasteiger partial charge in [0.1, 0.15) is 11.6 Å². The Morgan fingerprint density at radius 3 is 2.65 bits per heavy atom. The molecule has 0 fully saturated rings. The number of aryl methyl sites for hydroxylation is 2. The first-order chi connectivity index (χ1) is 11.2. The normalized spacial score (nSPS) is 11.6. The van der Waals surface area contributed by atoms with Gasteiger partial charge in [-0.25, -0.2) is 4.39 Å². The van der Waals surface area contributed by atoms with Crippen LogP contribution < -0.4 is 10.6 Å². The monoisotopic (exact) mass is 319 g/mol. The standard InChI is InChI=1S/C16H22FN5O/c1-4-13-11(15(5-2)23-22-13)9-20-16(18-3)21-10-14-12(17)7-6-8-19-14/h6-8H,4-5,9-10H2,1-3H3,(H2,18,20,21). The second-order valence-electron chi connectivity index (χ2n) is 4.95. The van der Waals surface area contributed by atoms with Gasteiger partial charge in [0.05, 0.1) is 17.9 Å². The molecule has 2 N–H and O–H groups in total. The molecule has 0 atom stereocenters. The van der Waals surface area contributed by atoms with Gasteiger partial charge in [-0.2, -0.15) is 0 Å². The highest BCUT2D eigenvalue weighted by molar-refractivity contribution is 5.79. The van der Waals surface area contributed by atoms with Crippen LogP contribution in [0.2, 0.25) is 0 Å². The quantitative estimate of drug-likeness (QED) is 0.630. The molecule has 0 aliphatic heterocycles. The summed E-state index contributed by atoms with van der Waals surface area (Å²) in [4.78, 5) is 8.14. The first-order valence-electron chi connectivity index (χ1n) is 7.69. The van der Waals surface area contributed by atoms with E-state index in [9.17, 15) is 4.39 Å². The lowest BCUT2D eigenvalue weighted by Gasteiger charge is -2.12. The molecule has 0 saturated carbocycles. The first kappa shape index (κ1) is 16.9. The van der Waals surface area contributed by atoms with Crippen molar-refractivity contribution in [3.63, 3.8) is 0 Å². The molecule has 0 amide bonds. The number of halogens is 1. The minimum absolute atomic E-state index is 0.261. The molecule has 0 aromatic carbocycles. The van der Waals surface area contributed by atoms with Gasteiger partial charge in [0, 0.05) is 31.8 Å². The van der Waals surface area contributed by atoms with Crippen molar-refractivity contribution in [1.82, 2.24) is 20.8 Å². The number of nitrogens with zero attached hydrogens (tertiary/aromatic N) is 3. The predicted molar refractivity (Wildman–Crippen MR) is 86.5 cm³/mol. The third-order valence-corrected chi connectivity index (χ3v) is 3.52. The third kappa shape index (κ3) is 4.28. The van der Waals surface area contributed by atoms with E-state index in [2.05, 4.69) is 25.8 Å². The zero-order chi connectivity index (χ0) is 16.7. The second kappa shape index (κ2) is 8.26. The van der Waals surface area contributed by atoms with E-state index >= 15 is 0 Å². The number of aromatic nitrogens is 2. The summed E-state index contributed by atoms with van der Waals surface area (Å²) in [6.07, 6.45) is 3.16. The van der Waals surface area contributed by atoms with Crippen LogP contribution in [-0.2, 0) is 25.9 Å². The summed E-state index contributed by atoms with van der Waals surface area (Å²) >= 11 is 0. The smallest absolute Gasteiger partial charge is 0.191 e. The molecule has 0 saturated heterocycles. The first-order valence-corrected chi connectivity index (χ1v) is 7.69. The lowest BCUT2D eigenvalue weighted by Crippen LogP contribution is -2.37. The summed E-state index contributed by atoms with van der Waals surface area (Å²) in [5, 5.41) is 10.3. The van der Waals surface area contributed by atoms with Crippen molar-refractivity contribution >= 4 is 5.96 Å². The van der Waals surface area contributed by atoms with Gasteiger partial charge in [0.25, 0.3) is 0 Å². The Morgan fingerprint density at radius 1 is 1.22 bits per heavy atom. The second-order valence-corrected chi connectivity index (χ2v) is 4.95. The molecule has 0 unspecified atom stereocenters. The predicted octanol–water partition coefficient (Wildman–Crippen LogP) is 2.20. The Kier molecular flexibility index (Phi) is 6.08. The number of nitrogens with one attached hydrogen (secondary N) is 2. The molecular formula is C16H22FN5O. The van der Waals surface area contributed by atoms with E-state index in [1.54, 1.807) is 19.3 Å². The van der Waals surface area contributed by atoms with E-state index in [1.165, 1.54) is 6.07 Å². The van der Waals surface area contributed by atoms with Crippen LogP contribution in [0.1, 0.15) is 36.6 Å². The largest absolute Gasteiger partial charge is 0.361 e. The highest BCUT2D eigenvalue weighted by Crippen LogP contribution is 2.15. The average molecular weight is 319 g/mol. The minimum Gasteiger partial charge on any atom is -0.361 e. The number of pyridine rings is 1. The van der Waals surface area contributed by atoms with E-state index in [-0.39, 0.29) is 12.4 Å². The summed E-state index contributed by atoms with van der Waals surface area (Å²) in [5.74, 6) is 1.11. The van der Waals surface area contributed by atoms with Crippen LogP contribution in [0.4, 0.5) is 4.39 Å². The fourth-order valence-electron chi connectivity index (χ4n) is 2.25. The van der Waals surface area contributed by atoms with Crippen LogP contribution >= 0.6 is 0 Å². The van der Waals surface area contributed by atoms with E-state index in [4.69, 9.17) is 4.52 Å². The molecule has 0 radical (unpaired) electrons. The van der Waals surface area contributed by atoms with Gasteiger partial charge in [-0.15, -0.1) is 0 Å². The topological polar surface area (TPSA) is 75.3 Å². The van der Waals surface area contributed by atoms with Crippen molar-refractivity contribution in [2.75, 3.05) is 7.05 Å². The molecule has 124 valence electrons. The maximum Gasteiger partial charge on any atom is 0.191 e. The van der Waals surface area contributed by atoms with Gasteiger partial charge in [-0.05, 0) is 18.6 Å². The maximum atomic E-state index is 13.6. The summed E-state index contributed by atoms with van der Waals surface area (Å²) in [7, 11) is 1.67. The van der Waals surface area contributed by atoms with Gasteiger partial charge >= 0.3 is 0 Å². The molecule has 2 heterocycles. The van der Waals surface area contributed by atoms with Crippen molar-refractivity contribution in [3.8, 4) is 0 Å². The van der Waals surface area contributed by atoms with Crippen molar-refractivity contribution in [2.24, 2.45) is 4.99 Å². The number of aliphatic imine (C=N–C) groups is 1. The summed E-state index contributed by atoms with van der Waals surface area (Å²) < 4.78 is 18.9.